The third-order valence-corrected chi connectivity index (χ3v) is 5.17. The zero-order valence-corrected chi connectivity index (χ0v) is 15.5. The van der Waals surface area contributed by atoms with Crippen molar-refractivity contribution in [1.29, 1.82) is 0 Å². The van der Waals surface area contributed by atoms with Gasteiger partial charge in [-0.3, -0.25) is 4.79 Å². The van der Waals surface area contributed by atoms with Gasteiger partial charge in [0.25, 0.3) is 0 Å². The lowest BCUT2D eigenvalue weighted by atomic mass is 9.84. The highest BCUT2D eigenvalue weighted by Gasteiger charge is 2.29. The molecule has 1 atom stereocenters. The summed E-state index contributed by atoms with van der Waals surface area (Å²) in [6.07, 6.45) is 3.61. The van der Waals surface area contributed by atoms with Crippen LogP contribution >= 0.6 is 11.6 Å². The predicted molar refractivity (Wildman–Crippen MR) is 103 cm³/mol. The van der Waals surface area contributed by atoms with Crippen LogP contribution < -0.4 is 5.32 Å². The molecule has 1 amide bonds. The molecule has 1 fully saturated rings. The number of nitrogens with one attached hydrogen (secondary N) is 1. The Morgan fingerprint density at radius 2 is 1.89 bits per heavy atom. The molecule has 1 heterocycles. The van der Waals surface area contributed by atoms with E-state index in [1.807, 2.05) is 42.5 Å². The van der Waals surface area contributed by atoms with Gasteiger partial charge in [-0.05, 0) is 42.7 Å². The molecule has 6 heteroatoms. The fourth-order valence-corrected chi connectivity index (χ4v) is 3.23. The van der Waals surface area contributed by atoms with Gasteiger partial charge >= 0.3 is 0 Å². The summed E-state index contributed by atoms with van der Waals surface area (Å²) in [4.78, 5) is 17.0. The Morgan fingerprint density at radius 3 is 2.56 bits per heavy atom. The molecular weight excluding hydrogens is 362 g/mol. The summed E-state index contributed by atoms with van der Waals surface area (Å²) in [5.74, 6) is 1.06. The number of carbonyl (C=O) groups is 1. The van der Waals surface area contributed by atoms with Crippen molar-refractivity contribution in [2.75, 3.05) is 0 Å². The molecule has 4 rings (SSSR count). The smallest absolute Gasteiger partial charge is 0.249 e. The maximum atomic E-state index is 12.5. The van der Waals surface area contributed by atoms with E-state index < -0.39 is 0 Å². The number of amides is 1. The summed E-state index contributed by atoms with van der Waals surface area (Å²) in [5, 5.41) is 7.84. The van der Waals surface area contributed by atoms with E-state index in [4.69, 9.17) is 16.1 Å². The van der Waals surface area contributed by atoms with Crippen LogP contribution in [0.4, 0.5) is 0 Å². The molecule has 0 saturated heterocycles. The quantitative estimate of drug-likeness (QED) is 0.678. The van der Waals surface area contributed by atoms with Crippen molar-refractivity contribution in [2.24, 2.45) is 5.92 Å². The molecule has 0 radical (unpaired) electrons. The first kappa shape index (κ1) is 17.7. The summed E-state index contributed by atoms with van der Waals surface area (Å²) in [6, 6.07) is 16.9. The number of hydrogen-bond acceptors (Lipinski definition) is 4. The average Bonchev–Trinajstić information content (AvgIpc) is 3.11. The van der Waals surface area contributed by atoms with Crippen molar-refractivity contribution in [2.45, 2.75) is 31.7 Å². The highest BCUT2D eigenvalue weighted by Crippen LogP contribution is 2.28. The normalized spacial score (nSPS) is 15.1. The van der Waals surface area contributed by atoms with Crippen molar-refractivity contribution in [1.82, 2.24) is 15.5 Å². The lowest BCUT2D eigenvalue weighted by Gasteiger charge is -2.26. The molecule has 1 saturated carbocycles. The molecule has 1 aliphatic carbocycles. The highest BCUT2D eigenvalue weighted by molar-refractivity contribution is 6.30. The highest BCUT2D eigenvalue weighted by atomic mass is 35.5. The van der Waals surface area contributed by atoms with Crippen LogP contribution in [0.1, 0.15) is 36.8 Å². The molecule has 27 heavy (non-hydrogen) atoms. The van der Waals surface area contributed by atoms with Crippen LogP contribution in [0.15, 0.2) is 59.1 Å². The van der Waals surface area contributed by atoms with E-state index in [1.54, 1.807) is 12.1 Å². The van der Waals surface area contributed by atoms with Crippen LogP contribution in [-0.4, -0.2) is 16.0 Å². The van der Waals surface area contributed by atoms with Gasteiger partial charge in [0.15, 0.2) is 0 Å². The number of benzene rings is 2. The number of rotatable bonds is 6. The summed E-state index contributed by atoms with van der Waals surface area (Å²) in [5.41, 5.74) is 1.92. The van der Waals surface area contributed by atoms with E-state index in [2.05, 4.69) is 15.5 Å². The summed E-state index contributed by atoms with van der Waals surface area (Å²) < 4.78 is 5.51. The van der Waals surface area contributed by atoms with Gasteiger partial charge in [0.2, 0.25) is 17.6 Å². The molecule has 0 aliphatic heterocycles. The standard InChI is InChI=1S/C21H20ClN3O2/c22-17-11-9-15(10-12-17)19-24-21(27-25-19)18(13-14-5-2-1-3-6-14)23-20(26)16-7-4-8-16/h1-3,5-6,9-12,16,18H,4,7-8,13H2,(H,23,26). The Morgan fingerprint density at radius 1 is 1.15 bits per heavy atom. The van der Waals surface area contributed by atoms with Gasteiger partial charge in [0.1, 0.15) is 6.04 Å². The van der Waals surface area contributed by atoms with Gasteiger partial charge in [-0.1, -0.05) is 53.5 Å². The average molecular weight is 382 g/mol. The van der Waals surface area contributed by atoms with E-state index in [-0.39, 0.29) is 17.9 Å². The van der Waals surface area contributed by atoms with E-state index in [9.17, 15) is 4.79 Å². The molecule has 1 unspecified atom stereocenters. The van der Waals surface area contributed by atoms with Crippen molar-refractivity contribution in [3.8, 4) is 11.4 Å². The second-order valence-electron chi connectivity index (χ2n) is 6.84. The van der Waals surface area contributed by atoms with E-state index >= 15 is 0 Å². The fourth-order valence-electron chi connectivity index (χ4n) is 3.10. The molecule has 1 N–H and O–H groups in total. The fraction of sp³-hybridized carbons (Fsp3) is 0.286. The molecule has 1 aromatic heterocycles. The second kappa shape index (κ2) is 7.92. The lowest BCUT2D eigenvalue weighted by Crippen LogP contribution is -2.37. The van der Waals surface area contributed by atoms with Gasteiger partial charge in [-0.25, -0.2) is 0 Å². The first-order valence-corrected chi connectivity index (χ1v) is 9.50. The monoisotopic (exact) mass is 381 g/mol. The SMILES string of the molecule is O=C(NC(Cc1ccccc1)c1nc(-c2ccc(Cl)cc2)no1)C1CCC1. The molecule has 0 bridgehead atoms. The minimum absolute atomic E-state index is 0.0634. The maximum Gasteiger partial charge on any atom is 0.249 e. The minimum atomic E-state index is -0.353. The third-order valence-electron chi connectivity index (χ3n) is 4.92. The Labute approximate surface area is 162 Å². The van der Waals surface area contributed by atoms with E-state index in [0.29, 0.717) is 23.2 Å². The van der Waals surface area contributed by atoms with Crippen LogP contribution in [0.25, 0.3) is 11.4 Å². The summed E-state index contributed by atoms with van der Waals surface area (Å²) in [7, 11) is 0. The topological polar surface area (TPSA) is 68.0 Å². The molecule has 138 valence electrons. The number of nitrogens with zero attached hydrogens (tertiary/aromatic N) is 2. The number of halogens is 1. The zero-order valence-electron chi connectivity index (χ0n) is 14.8. The van der Waals surface area contributed by atoms with Crippen LogP contribution in [0.5, 0.6) is 0 Å². The van der Waals surface area contributed by atoms with Crippen LogP contribution in [0, 0.1) is 5.92 Å². The van der Waals surface area contributed by atoms with Gasteiger partial charge < -0.3 is 9.84 Å². The predicted octanol–water partition coefficient (Wildman–Crippen LogP) is 4.59. The lowest BCUT2D eigenvalue weighted by molar-refractivity contribution is -0.128. The van der Waals surface area contributed by atoms with Gasteiger partial charge in [0, 0.05) is 22.9 Å². The molecular formula is C21H20ClN3O2. The summed E-state index contributed by atoms with van der Waals surface area (Å²) in [6.45, 7) is 0. The number of hydrogen-bond donors (Lipinski definition) is 1. The molecule has 2 aromatic carbocycles. The van der Waals surface area contributed by atoms with Crippen molar-refractivity contribution in [3.05, 3.63) is 71.1 Å². The Bertz CT molecular complexity index is 905. The first-order chi connectivity index (χ1) is 13.2. The van der Waals surface area contributed by atoms with Gasteiger partial charge in [0.05, 0.1) is 0 Å². The Kier molecular flexibility index (Phi) is 5.21. The molecule has 3 aromatic rings. The van der Waals surface area contributed by atoms with Crippen molar-refractivity contribution >= 4 is 17.5 Å². The summed E-state index contributed by atoms with van der Waals surface area (Å²) >= 11 is 5.94. The van der Waals surface area contributed by atoms with Gasteiger partial charge in [-0.2, -0.15) is 4.98 Å². The van der Waals surface area contributed by atoms with Crippen LogP contribution in [0.3, 0.4) is 0 Å². The minimum Gasteiger partial charge on any atom is -0.344 e. The number of carbonyl (C=O) groups excluding carboxylic acids is 1. The van der Waals surface area contributed by atoms with E-state index in [0.717, 1.165) is 30.4 Å². The van der Waals surface area contributed by atoms with Crippen molar-refractivity contribution < 1.29 is 9.32 Å². The number of aromatic nitrogens is 2. The first-order valence-electron chi connectivity index (χ1n) is 9.13. The van der Waals surface area contributed by atoms with Gasteiger partial charge in [-0.15, -0.1) is 0 Å². The third kappa shape index (κ3) is 4.19. The molecule has 1 aliphatic rings. The van der Waals surface area contributed by atoms with Crippen molar-refractivity contribution in [3.63, 3.8) is 0 Å². The molecule has 5 nitrogen and oxygen atoms in total. The van der Waals surface area contributed by atoms with Crippen LogP contribution in [-0.2, 0) is 11.2 Å². The zero-order chi connectivity index (χ0) is 18.6. The van der Waals surface area contributed by atoms with Crippen LogP contribution in [0.2, 0.25) is 5.02 Å². The largest absolute Gasteiger partial charge is 0.344 e. The maximum absolute atomic E-state index is 12.5. The Balaban J connectivity index is 1.57. The molecule has 0 spiro atoms. The van der Waals surface area contributed by atoms with E-state index in [1.165, 1.54) is 0 Å². The second-order valence-corrected chi connectivity index (χ2v) is 7.28. The Hall–Kier alpha value is -2.66.